The number of nitrogens with one attached hydrogen (secondary N) is 1. The van der Waals surface area contributed by atoms with Gasteiger partial charge in [-0.05, 0) is 6.92 Å². The number of aliphatic hydroxyl groups is 1. The maximum absolute atomic E-state index is 11.8. The van der Waals surface area contributed by atoms with Gasteiger partial charge in [0.2, 0.25) is 10.0 Å². The third kappa shape index (κ3) is 4.85. The molecule has 8 nitrogen and oxygen atoms in total. The smallest absolute Gasteiger partial charge is 0.273 e. The van der Waals surface area contributed by atoms with Crippen LogP contribution in [0.5, 0.6) is 0 Å². The Hall–Kier alpha value is -1.55. The van der Waals surface area contributed by atoms with Crippen molar-refractivity contribution in [2.24, 2.45) is 5.73 Å². The fraction of sp³-hybridized carbons (Fsp3) is 0.455. The quantitative estimate of drug-likeness (QED) is 0.468. The minimum Gasteiger partial charge on any atom is -0.392 e. The van der Waals surface area contributed by atoms with Crippen molar-refractivity contribution in [3.05, 3.63) is 39.9 Å². The second-order valence-corrected chi connectivity index (χ2v) is 6.20. The fourth-order valence-corrected chi connectivity index (χ4v) is 2.66. The van der Waals surface area contributed by atoms with Gasteiger partial charge in [0.05, 0.1) is 16.8 Å². The second kappa shape index (κ2) is 6.75. The van der Waals surface area contributed by atoms with Crippen LogP contribution in [0.1, 0.15) is 12.5 Å². The topological polar surface area (TPSA) is 136 Å². The number of nitrogens with zero attached hydrogens (tertiary/aromatic N) is 1. The molecule has 0 radical (unpaired) electrons. The summed E-state index contributed by atoms with van der Waals surface area (Å²) >= 11 is 0. The van der Waals surface area contributed by atoms with Gasteiger partial charge in [-0.2, -0.15) is 0 Å². The zero-order valence-electron chi connectivity index (χ0n) is 10.9. The summed E-state index contributed by atoms with van der Waals surface area (Å²) in [4.78, 5) is 10.2. The lowest BCUT2D eigenvalue weighted by Gasteiger charge is -2.15. The van der Waals surface area contributed by atoms with Gasteiger partial charge in [0.15, 0.2) is 0 Å². The van der Waals surface area contributed by atoms with Crippen molar-refractivity contribution >= 4 is 15.7 Å². The first-order valence-corrected chi connectivity index (χ1v) is 7.51. The first kappa shape index (κ1) is 16.5. The van der Waals surface area contributed by atoms with Crippen LogP contribution >= 0.6 is 0 Å². The van der Waals surface area contributed by atoms with Crippen LogP contribution in [0.3, 0.4) is 0 Å². The molecule has 0 aliphatic carbocycles. The third-order valence-corrected chi connectivity index (χ3v) is 3.99. The zero-order valence-corrected chi connectivity index (χ0v) is 11.7. The van der Waals surface area contributed by atoms with Gasteiger partial charge in [0.25, 0.3) is 5.69 Å². The van der Waals surface area contributed by atoms with Gasteiger partial charge in [0.1, 0.15) is 0 Å². The molecule has 0 saturated heterocycles. The van der Waals surface area contributed by atoms with Gasteiger partial charge >= 0.3 is 0 Å². The van der Waals surface area contributed by atoms with Crippen molar-refractivity contribution in [2.45, 2.75) is 24.8 Å². The molecule has 1 aromatic carbocycles. The lowest BCUT2D eigenvalue weighted by atomic mass is 10.2. The summed E-state index contributed by atoms with van der Waals surface area (Å²) in [5.41, 5.74) is 5.35. The van der Waals surface area contributed by atoms with Crippen LogP contribution in [0.2, 0.25) is 0 Å². The Morgan fingerprint density at radius 2 is 2.05 bits per heavy atom. The van der Waals surface area contributed by atoms with E-state index in [0.717, 1.165) is 0 Å². The third-order valence-electron chi connectivity index (χ3n) is 2.69. The molecule has 0 fully saturated rings. The largest absolute Gasteiger partial charge is 0.392 e. The molecule has 0 amide bonds. The molecular formula is C11H17N3O5S. The number of nitro benzene ring substituents is 1. The summed E-state index contributed by atoms with van der Waals surface area (Å²) in [6.07, 6.45) is -0.858. The Bertz CT molecular complexity index is 573. The predicted molar refractivity (Wildman–Crippen MR) is 73.4 cm³/mol. The molecule has 1 aromatic rings. The van der Waals surface area contributed by atoms with Gasteiger partial charge in [0, 0.05) is 24.2 Å². The standard InChI is InChI=1S/C11H17N3O5S/c1-8(15)10(12)6-13-20(18,19)7-9-4-2-3-5-11(9)14(16)17/h2-5,8,10,13,15H,6-7,12H2,1H3. The van der Waals surface area contributed by atoms with Crippen molar-refractivity contribution in [2.75, 3.05) is 6.54 Å². The van der Waals surface area contributed by atoms with Gasteiger partial charge in [-0.1, -0.05) is 18.2 Å². The molecule has 0 bridgehead atoms. The lowest BCUT2D eigenvalue weighted by Crippen LogP contribution is -2.43. The number of benzene rings is 1. The summed E-state index contributed by atoms with van der Waals surface area (Å²) in [5.74, 6) is -0.517. The van der Waals surface area contributed by atoms with E-state index in [2.05, 4.69) is 4.72 Å². The molecule has 4 N–H and O–H groups in total. The molecule has 2 atom stereocenters. The maximum atomic E-state index is 11.8. The highest BCUT2D eigenvalue weighted by Gasteiger charge is 2.20. The Labute approximate surface area is 116 Å². The van der Waals surface area contributed by atoms with Crippen LogP contribution in [0.15, 0.2) is 24.3 Å². The molecule has 0 aliphatic rings. The minimum atomic E-state index is -3.76. The molecule has 0 heterocycles. The molecule has 9 heteroatoms. The van der Waals surface area contributed by atoms with E-state index in [-0.39, 0.29) is 17.8 Å². The number of rotatable bonds is 7. The van der Waals surface area contributed by atoms with Crippen molar-refractivity contribution in [3.8, 4) is 0 Å². The van der Waals surface area contributed by atoms with Crippen LogP contribution in [0.25, 0.3) is 0 Å². The van der Waals surface area contributed by atoms with Crippen molar-refractivity contribution < 1.29 is 18.4 Å². The number of hydrogen-bond donors (Lipinski definition) is 3. The highest BCUT2D eigenvalue weighted by atomic mass is 32.2. The van der Waals surface area contributed by atoms with Crippen molar-refractivity contribution in [1.29, 1.82) is 0 Å². The van der Waals surface area contributed by atoms with E-state index >= 15 is 0 Å². The van der Waals surface area contributed by atoms with E-state index in [1.54, 1.807) is 0 Å². The second-order valence-electron chi connectivity index (χ2n) is 4.40. The molecule has 2 unspecified atom stereocenters. The number of nitro groups is 1. The average Bonchev–Trinajstić information content (AvgIpc) is 2.35. The molecule has 112 valence electrons. The molecule has 1 rings (SSSR count). The minimum absolute atomic E-state index is 0.0932. The number of aliphatic hydroxyl groups excluding tert-OH is 1. The highest BCUT2D eigenvalue weighted by Crippen LogP contribution is 2.19. The molecule has 0 saturated carbocycles. The fourth-order valence-electron chi connectivity index (χ4n) is 1.46. The van der Waals surface area contributed by atoms with Gasteiger partial charge < -0.3 is 10.8 Å². The van der Waals surface area contributed by atoms with Gasteiger partial charge in [-0.25, -0.2) is 13.1 Å². The first-order valence-electron chi connectivity index (χ1n) is 5.86. The van der Waals surface area contributed by atoms with Crippen LogP contribution in [0.4, 0.5) is 5.69 Å². The molecule has 0 spiro atoms. The van der Waals surface area contributed by atoms with Crippen LogP contribution in [-0.2, 0) is 15.8 Å². The maximum Gasteiger partial charge on any atom is 0.273 e. The molecule has 0 aliphatic heterocycles. The number of para-hydroxylation sites is 1. The molecule has 20 heavy (non-hydrogen) atoms. The number of hydrogen-bond acceptors (Lipinski definition) is 6. The van der Waals surface area contributed by atoms with E-state index in [1.165, 1.54) is 31.2 Å². The van der Waals surface area contributed by atoms with E-state index < -0.39 is 32.8 Å². The van der Waals surface area contributed by atoms with E-state index in [0.29, 0.717) is 0 Å². The van der Waals surface area contributed by atoms with Crippen LogP contribution < -0.4 is 10.5 Å². The molecular weight excluding hydrogens is 286 g/mol. The van der Waals surface area contributed by atoms with E-state index in [9.17, 15) is 23.6 Å². The SMILES string of the molecule is CC(O)C(N)CNS(=O)(=O)Cc1ccccc1[N+](=O)[O-]. The van der Waals surface area contributed by atoms with Crippen LogP contribution in [-0.4, -0.2) is 37.1 Å². The summed E-state index contributed by atoms with van der Waals surface area (Å²) in [5, 5.41) is 20.0. The Kier molecular flexibility index (Phi) is 5.57. The summed E-state index contributed by atoms with van der Waals surface area (Å²) < 4.78 is 25.9. The lowest BCUT2D eigenvalue weighted by molar-refractivity contribution is -0.385. The molecule has 0 aromatic heterocycles. The summed E-state index contributed by atoms with van der Waals surface area (Å²) in [6, 6.07) is 4.87. The zero-order chi connectivity index (χ0) is 15.3. The van der Waals surface area contributed by atoms with Crippen LogP contribution in [0, 0.1) is 10.1 Å². The normalized spacial score (nSPS) is 14.8. The Balaban J connectivity index is 2.79. The number of sulfonamides is 1. The predicted octanol–water partition coefficient (Wildman–Crippen LogP) is -0.278. The first-order chi connectivity index (χ1) is 9.23. The van der Waals surface area contributed by atoms with E-state index in [1.807, 2.05) is 0 Å². The average molecular weight is 303 g/mol. The van der Waals surface area contributed by atoms with Gasteiger partial charge in [-0.15, -0.1) is 0 Å². The Morgan fingerprint density at radius 1 is 1.45 bits per heavy atom. The highest BCUT2D eigenvalue weighted by molar-refractivity contribution is 7.88. The van der Waals surface area contributed by atoms with Crippen molar-refractivity contribution in [3.63, 3.8) is 0 Å². The summed E-state index contributed by atoms with van der Waals surface area (Å²) in [7, 11) is -3.76. The van der Waals surface area contributed by atoms with Crippen molar-refractivity contribution in [1.82, 2.24) is 4.72 Å². The van der Waals surface area contributed by atoms with Gasteiger partial charge in [-0.3, -0.25) is 10.1 Å². The number of nitrogens with two attached hydrogens (primary N) is 1. The Morgan fingerprint density at radius 3 is 2.60 bits per heavy atom. The monoisotopic (exact) mass is 303 g/mol. The summed E-state index contributed by atoms with van der Waals surface area (Å²) in [6.45, 7) is 1.31. The van der Waals surface area contributed by atoms with E-state index in [4.69, 9.17) is 5.73 Å².